The van der Waals surface area contributed by atoms with Crippen molar-refractivity contribution in [1.29, 1.82) is 0 Å². The Balaban J connectivity index is 1.61. The Labute approximate surface area is 159 Å². The highest BCUT2D eigenvalue weighted by Crippen LogP contribution is 2.25. The fraction of sp³-hybridized carbons (Fsp3) is 0.294. The van der Waals surface area contributed by atoms with E-state index in [1.807, 2.05) is 18.2 Å². The Morgan fingerprint density at radius 3 is 3.04 bits per heavy atom. The van der Waals surface area contributed by atoms with Gasteiger partial charge in [0.15, 0.2) is 0 Å². The topological polar surface area (TPSA) is 141 Å². The number of carbonyl (C=O) groups is 1. The Hall–Kier alpha value is -2.82. The van der Waals surface area contributed by atoms with Gasteiger partial charge in [-0.1, -0.05) is 0 Å². The van der Waals surface area contributed by atoms with Crippen molar-refractivity contribution in [2.24, 2.45) is 11.5 Å². The van der Waals surface area contributed by atoms with Crippen LogP contribution in [0, 0.1) is 0 Å². The molecule has 2 atom stereocenters. The largest absolute Gasteiger partial charge is 0.380 e. The van der Waals surface area contributed by atoms with Crippen molar-refractivity contribution in [2.75, 3.05) is 23.8 Å². The third-order valence-corrected chi connectivity index (χ3v) is 5.15. The molecule has 140 valence electrons. The second-order valence-electron chi connectivity index (χ2n) is 6.26. The fourth-order valence-corrected chi connectivity index (χ4v) is 3.62. The van der Waals surface area contributed by atoms with Gasteiger partial charge in [-0.3, -0.25) is 4.79 Å². The molecule has 1 aliphatic heterocycles. The first kappa shape index (κ1) is 17.6. The lowest BCUT2D eigenvalue weighted by Gasteiger charge is -2.29. The third kappa shape index (κ3) is 3.82. The van der Waals surface area contributed by atoms with Gasteiger partial charge in [0.05, 0.1) is 22.3 Å². The number of nitrogens with two attached hydrogens (primary N) is 2. The zero-order valence-electron chi connectivity index (χ0n) is 14.4. The van der Waals surface area contributed by atoms with E-state index in [0.717, 1.165) is 22.3 Å². The molecule has 10 heteroatoms. The van der Waals surface area contributed by atoms with Gasteiger partial charge >= 0.3 is 0 Å². The van der Waals surface area contributed by atoms with E-state index in [9.17, 15) is 4.79 Å². The molecule has 0 radical (unpaired) electrons. The summed E-state index contributed by atoms with van der Waals surface area (Å²) in [5.41, 5.74) is 15.2. The second-order valence-corrected chi connectivity index (χ2v) is 7.14. The van der Waals surface area contributed by atoms with Crippen LogP contribution in [0.5, 0.6) is 0 Å². The number of rotatable bonds is 5. The summed E-state index contributed by atoms with van der Waals surface area (Å²) >= 11 is 1.54. The zero-order chi connectivity index (χ0) is 18.8. The number of thiazole rings is 1. The number of carbonyl (C=O) groups excluding carboxylic acids is 1. The van der Waals surface area contributed by atoms with Gasteiger partial charge in [-0.15, -0.1) is 11.3 Å². The van der Waals surface area contributed by atoms with Gasteiger partial charge in [-0.2, -0.15) is 4.98 Å². The SMILES string of the molecule is NC(=O)c1cnc(N[C@@H]2CCOC[C@@H]2N)nc1Nc1ccc2ncsc2c1. The number of hydrogen-bond donors (Lipinski definition) is 4. The first-order chi connectivity index (χ1) is 13.1. The average Bonchev–Trinajstić information content (AvgIpc) is 3.11. The van der Waals surface area contributed by atoms with Crippen LogP contribution in [0.2, 0.25) is 0 Å². The summed E-state index contributed by atoms with van der Waals surface area (Å²) in [5, 5.41) is 6.38. The molecule has 27 heavy (non-hydrogen) atoms. The van der Waals surface area contributed by atoms with E-state index in [2.05, 4.69) is 25.6 Å². The highest BCUT2D eigenvalue weighted by molar-refractivity contribution is 7.16. The first-order valence-corrected chi connectivity index (χ1v) is 9.35. The van der Waals surface area contributed by atoms with Gasteiger partial charge < -0.3 is 26.8 Å². The van der Waals surface area contributed by atoms with Crippen LogP contribution >= 0.6 is 11.3 Å². The summed E-state index contributed by atoms with van der Waals surface area (Å²) in [7, 11) is 0. The highest BCUT2D eigenvalue weighted by atomic mass is 32.1. The van der Waals surface area contributed by atoms with Crippen LogP contribution in [0.1, 0.15) is 16.8 Å². The van der Waals surface area contributed by atoms with Crippen LogP contribution in [0.15, 0.2) is 29.9 Å². The maximum Gasteiger partial charge on any atom is 0.254 e. The van der Waals surface area contributed by atoms with Gasteiger partial charge in [0.25, 0.3) is 5.91 Å². The summed E-state index contributed by atoms with van der Waals surface area (Å²) in [6.45, 7) is 1.11. The minimum absolute atomic E-state index is 0.000397. The fourth-order valence-electron chi connectivity index (χ4n) is 2.90. The lowest BCUT2D eigenvalue weighted by molar-refractivity contribution is 0.0751. The monoisotopic (exact) mass is 385 g/mol. The Kier molecular flexibility index (Phi) is 4.84. The molecule has 1 amide bonds. The van der Waals surface area contributed by atoms with E-state index in [0.29, 0.717) is 25.0 Å². The highest BCUT2D eigenvalue weighted by Gasteiger charge is 2.23. The number of fused-ring (bicyclic) bond motifs is 1. The number of amides is 1. The van der Waals surface area contributed by atoms with Gasteiger partial charge in [0, 0.05) is 30.6 Å². The molecule has 2 aromatic heterocycles. The lowest BCUT2D eigenvalue weighted by Crippen LogP contribution is -2.47. The van der Waals surface area contributed by atoms with Crippen LogP contribution in [0.3, 0.4) is 0 Å². The van der Waals surface area contributed by atoms with Crippen LogP contribution in [0.4, 0.5) is 17.5 Å². The van der Waals surface area contributed by atoms with Crippen LogP contribution in [-0.2, 0) is 4.74 Å². The molecule has 0 aliphatic carbocycles. The predicted octanol–water partition coefficient (Wildman–Crippen LogP) is 1.46. The minimum atomic E-state index is -0.606. The first-order valence-electron chi connectivity index (χ1n) is 8.47. The summed E-state index contributed by atoms with van der Waals surface area (Å²) in [5.74, 6) is 0.110. The van der Waals surface area contributed by atoms with Crippen LogP contribution < -0.4 is 22.1 Å². The van der Waals surface area contributed by atoms with Crippen molar-refractivity contribution in [3.63, 3.8) is 0 Å². The molecule has 0 bridgehead atoms. The Morgan fingerprint density at radius 1 is 1.33 bits per heavy atom. The van der Waals surface area contributed by atoms with Crippen LogP contribution in [0.25, 0.3) is 10.2 Å². The predicted molar refractivity (Wildman–Crippen MR) is 104 cm³/mol. The second kappa shape index (κ2) is 7.43. The molecular weight excluding hydrogens is 366 g/mol. The third-order valence-electron chi connectivity index (χ3n) is 4.36. The standard InChI is InChI=1S/C17H19N7O2S/c18-11-7-26-4-3-12(11)23-17-20-6-10(15(19)25)16(24-17)22-9-1-2-13-14(5-9)27-8-21-13/h1-2,5-6,8,11-12H,3-4,7,18H2,(H2,19,25)(H2,20,22,23,24)/t11-,12+/m0/s1. The van der Waals surface area contributed by atoms with Crippen LogP contribution in [-0.4, -0.2) is 46.2 Å². The van der Waals surface area contributed by atoms with Crippen molar-refractivity contribution in [1.82, 2.24) is 15.0 Å². The number of ether oxygens (including phenoxy) is 1. The molecule has 3 heterocycles. The Bertz CT molecular complexity index is 977. The Morgan fingerprint density at radius 2 is 2.22 bits per heavy atom. The number of nitrogens with one attached hydrogen (secondary N) is 2. The summed E-state index contributed by atoms with van der Waals surface area (Å²) in [6.07, 6.45) is 2.17. The van der Waals surface area contributed by atoms with E-state index >= 15 is 0 Å². The van der Waals surface area contributed by atoms with E-state index in [4.69, 9.17) is 16.2 Å². The number of primary amides is 1. The van der Waals surface area contributed by atoms with Gasteiger partial charge in [-0.05, 0) is 24.6 Å². The normalized spacial score (nSPS) is 19.7. The van der Waals surface area contributed by atoms with Crippen molar-refractivity contribution < 1.29 is 9.53 Å². The molecule has 1 aliphatic rings. The summed E-state index contributed by atoms with van der Waals surface area (Å²) in [4.78, 5) is 24.7. The van der Waals surface area contributed by atoms with Crippen molar-refractivity contribution in [3.05, 3.63) is 35.5 Å². The quantitative estimate of drug-likeness (QED) is 0.517. The minimum Gasteiger partial charge on any atom is -0.380 e. The van der Waals surface area contributed by atoms with Crippen molar-refractivity contribution in [3.8, 4) is 0 Å². The smallest absolute Gasteiger partial charge is 0.254 e. The zero-order valence-corrected chi connectivity index (χ0v) is 15.2. The van der Waals surface area contributed by atoms with E-state index < -0.39 is 5.91 Å². The summed E-state index contributed by atoms with van der Waals surface area (Å²) in [6, 6.07) is 5.57. The maximum absolute atomic E-state index is 11.8. The number of anilines is 3. The van der Waals surface area contributed by atoms with Crippen molar-refractivity contribution in [2.45, 2.75) is 18.5 Å². The van der Waals surface area contributed by atoms with Gasteiger partial charge in [0.1, 0.15) is 11.4 Å². The molecular formula is C17H19N7O2S. The van der Waals surface area contributed by atoms with Crippen molar-refractivity contribution >= 4 is 44.9 Å². The number of hydrogen-bond acceptors (Lipinski definition) is 9. The maximum atomic E-state index is 11.8. The van der Waals surface area contributed by atoms with E-state index in [1.54, 1.807) is 5.51 Å². The van der Waals surface area contributed by atoms with E-state index in [-0.39, 0.29) is 17.6 Å². The lowest BCUT2D eigenvalue weighted by atomic mass is 10.1. The van der Waals surface area contributed by atoms with E-state index in [1.165, 1.54) is 17.5 Å². The number of aromatic nitrogens is 3. The molecule has 0 spiro atoms. The van der Waals surface area contributed by atoms with Gasteiger partial charge in [0.2, 0.25) is 5.95 Å². The molecule has 1 aromatic carbocycles. The number of nitrogens with zero attached hydrogens (tertiary/aromatic N) is 3. The molecule has 3 aromatic rings. The average molecular weight is 385 g/mol. The molecule has 6 N–H and O–H groups in total. The summed E-state index contributed by atoms with van der Waals surface area (Å²) < 4.78 is 6.38. The molecule has 4 rings (SSSR count). The molecule has 1 fully saturated rings. The number of benzene rings is 1. The van der Waals surface area contributed by atoms with Gasteiger partial charge in [-0.25, -0.2) is 9.97 Å². The molecule has 0 unspecified atom stereocenters. The molecule has 0 saturated carbocycles. The molecule has 9 nitrogen and oxygen atoms in total. The molecule has 1 saturated heterocycles.